The maximum absolute atomic E-state index is 8.46. The maximum atomic E-state index is 8.46. The smallest absolute Gasteiger partial charge is 0.336 e. The molecule has 0 aliphatic carbocycles. The van der Waals surface area contributed by atoms with Gasteiger partial charge in [-0.1, -0.05) is 18.2 Å². The van der Waals surface area contributed by atoms with Gasteiger partial charge in [-0.3, -0.25) is 0 Å². The standard InChI is InChI=1S/C8H7N3/c9-11-8-5-6-3-1-2-4-7(6)10-8/h1-4,10H,5H2. The van der Waals surface area contributed by atoms with Gasteiger partial charge in [-0.05, 0) is 6.07 Å². The van der Waals surface area contributed by atoms with Crippen molar-refractivity contribution in [3.63, 3.8) is 0 Å². The summed E-state index contributed by atoms with van der Waals surface area (Å²) in [5.74, 6) is 0.617. The van der Waals surface area contributed by atoms with Crippen molar-refractivity contribution in [3.8, 4) is 0 Å². The third-order valence-corrected chi connectivity index (χ3v) is 1.77. The minimum absolute atomic E-state index is 0.617. The number of hydrogen-bond donors (Lipinski definition) is 1. The number of benzene rings is 1. The Morgan fingerprint density at radius 3 is 2.91 bits per heavy atom. The number of hydrogen-bond acceptors (Lipinski definition) is 0. The average molecular weight is 145 g/mol. The molecule has 3 nitrogen and oxygen atoms in total. The van der Waals surface area contributed by atoms with Crippen molar-refractivity contribution in [3.05, 3.63) is 35.4 Å². The van der Waals surface area contributed by atoms with Gasteiger partial charge in [-0.15, -0.1) is 0 Å². The number of amidine groups is 1. The number of para-hydroxylation sites is 1. The van der Waals surface area contributed by atoms with Crippen molar-refractivity contribution in [2.45, 2.75) is 6.42 Å². The van der Waals surface area contributed by atoms with E-state index in [0.717, 1.165) is 5.69 Å². The molecule has 1 aliphatic heterocycles. The normalized spacial score (nSPS) is 13.6. The molecule has 0 aromatic heterocycles. The van der Waals surface area contributed by atoms with Gasteiger partial charge in [0, 0.05) is 5.56 Å². The Morgan fingerprint density at radius 2 is 2.18 bits per heavy atom. The molecule has 0 unspecified atom stereocenters. The molecular weight excluding hydrogens is 138 g/mol. The van der Waals surface area contributed by atoms with Crippen molar-refractivity contribution >= 4 is 11.5 Å². The predicted molar refractivity (Wildman–Crippen MR) is 42.4 cm³/mol. The zero-order chi connectivity index (χ0) is 7.68. The van der Waals surface area contributed by atoms with Crippen molar-refractivity contribution in [1.29, 1.82) is 0 Å². The number of nitrogens with zero attached hydrogens (tertiary/aromatic N) is 2. The molecule has 1 aromatic rings. The molecule has 11 heavy (non-hydrogen) atoms. The number of anilines is 1. The fourth-order valence-corrected chi connectivity index (χ4v) is 1.24. The van der Waals surface area contributed by atoms with Crippen LogP contribution in [0.3, 0.4) is 0 Å². The fraction of sp³-hybridized carbons (Fsp3) is 0.125. The van der Waals surface area contributed by atoms with E-state index in [9.17, 15) is 0 Å². The molecule has 0 saturated carbocycles. The van der Waals surface area contributed by atoms with Crippen LogP contribution in [0, 0.1) is 0 Å². The van der Waals surface area contributed by atoms with E-state index in [-0.39, 0.29) is 0 Å². The number of fused-ring (bicyclic) bond motifs is 1. The lowest BCUT2D eigenvalue weighted by Crippen LogP contribution is -2.06. The molecule has 0 amide bonds. The SMILES string of the molecule is [N-]=[N+]=C1Cc2ccccc2N1. The predicted octanol–water partition coefficient (Wildman–Crippen LogP) is 1.28. The van der Waals surface area contributed by atoms with Gasteiger partial charge < -0.3 is 10.3 Å². The summed E-state index contributed by atoms with van der Waals surface area (Å²) in [6, 6.07) is 7.90. The summed E-state index contributed by atoms with van der Waals surface area (Å²) < 4.78 is 0. The highest BCUT2D eigenvalue weighted by Crippen LogP contribution is 2.21. The van der Waals surface area contributed by atoms with Crippen LogP contribution in [0.1, 0.15) is 5.56 Å². The van der Waals surface area contributed by atoms with Crippen LogP contribution in [0.25, 0.3) is 5.53 Å². The van der Waals surface area contributed by atoms with Crippen LogP contribution in [0.5, 0.6) is 0 Å². The zero-order valence-electron chi connectivity index (χ0n) is 5.91. The maximum Gasteiger partial charge on any atom is 0.336 e. The molecule has 0 bridgehead atoms. The lowest BCUT2D eigenvalue weighted by Gasteiger charge is -1.88. The zero-order valence-corrected chi connectivity index (χ0v) is 5.91. The van der Waals surface area contributed by atoms with Crippen LogP contribution in [0.15, 0.2) is 24.3 Å². The van der Waals surface area contributed by atoms with Crippen LogP contribution in [0.2, 0.25) is 0 Å². The van der Waals surface area contributed by atoms with Gasteiger partial charge in [0.25, 0.3) is 0 Å². The lowest BCUT2D eigenvalue weighted by atomic mass is 10.2. The Hall–Kier alpha value is -1.60. The Balaban J connectivity index is 2.48. The number of rotatable bonds is 0. The molecule has 3 heteroatoms. The van der Waals surface area contributed by atoms with E-state index in [2.05, 4.69) is 10.1 Å². The van der Waals surface area contributed by atoms with Crippen LogP contribution >= 0.6 is 0 Å². The summed E-state index contributed by atoms with van der Waals surface area (Å²) in [6.45, 7) is 0. The number of nitrogens with one attached hydrogen (secondary N) is 1. The van der Waals surface area contributed by atoms with E-state index < -0.39 is 0 Å². The summed E-state index contributed by atoms with van der Waals surface area (Å²) in [5, 5.41) is 2.98. The molecule has 2 rings (SSSR count). The fourth-order valence-electron chi connectivity index (χ4n) is 1.24. The van der Waals surface area contributed by atoms with Gasteiger partial charge in [0.15, 0.2) is 0 Å². The first-order valence-electron chi connectivity index (χ1n) is 3.46. The second kappa shape index (κ2) is 2.22. The van der Waals surface area contributed by atoms with Gasteiger partial charge in [0.2, 0.25) is 0 Å². The molecule has 1 heterocycles. The molecule has 0 radical (unpaired) electrons. The first-order valence-corrected chi connectivity index (χ1v) is 3.46. The highest BCUT2D eigenvalue weighted by molar-refractivity contribution is 5.99. The summed E-state index contributed by atoms with van der Waals surface area (Å²) in [7, 11) is 0. The largest absolute Gasteiger partial charge is 0.497 e. The molecule has 1 aliphatic rings. The molecule has 54 valence electrons. The van der Waals surface area contributed by atoms with E-state index in [1.807, 2.05) is 24.3 Å². The highest BCUT2D eigenvalue weighted by atomic mass is 15.0. The van der Waals surface area contributed by atoms with E-state index in [0.29, 0.717) is 12.3 Å². The summed E-state index contributed by atoms with van der Waals surface area (Å²) in [4.78, 5) is 3.11. The Bertz CT molecular complexity index is 310. The van der Waals surface area contributed by atoms with E-state index in [4.69, 9.17) is 5.53 Å². The van der Waals surface area contributed by atoms with E-state index >= 15 is 0 Å². The third-order valence-electron chi connectivity index (χ3n) is 1.77. The molecule has 0 spiro atoms. The molecular formula is C8H7N3. The van der Waals surface area contributed by atoms with E-state index in [1.54, 1.807) is 0 Å². The van der Waals surface area contributed by atoms with E-state index in [1.165, 1.54) is 5.56 Å². The van der Waals surface area contributed by atoms with Gasteiger partial charge in [0.05, 0.1) is 6.42 Å². The van der Waals surface area contributed by atoms with Crippen molar-refractivity contribution in [2.75, 3.05) is 5.32 Å². The third kappa shape index (κ3) is 0.914. The molecule has 0 fully saturated rings. The molecule has 0 saturated heterocycles. The Morgan fingerprint density at radius 1 is 1.36 bits per heavy atom. The van der Waals surface area contributed by atoms with Gasteiger partial charge in [0.1, 0.15) is 5.69 Å². The molecule has 1 N–H and O–H groups in total. The lowest BCUT2D eigenvalue weighted by molar-refractivity contribution is -0.00666. The minimum Gasteiger partial charge on any atom is -0.497 e. The van der Waals surface area contributed by atoms with Crippen LogP contribution in [-0.4, -0.2) is 10.6 Å². The molecule has 1 aromatic carbocycles. The van der Waals surface area contributed by atoms with Gasteiger partial charge in [-0.25, -0.2) is 5.32 Å². The quantitative estimate of drug-likeness (QED) is 0.434. The van der Waals surface area contributed by atoms with Crippen LogP contribution in [0.4, 0.5) is 5.69 Å². The molecule has 0 atom stereocenters. The first kappa shape index (κ1) is 6.13. The van der Waals surface area contributed by atoms with Gasteiger partial charge in [-0.2, -0.15) is 0 Å². The minimum atomic E-state index is 0.617. The second-order valence-electron chi connectivity index (χ2n) is 2.51. The van der Waals surface area contributed by atoms with Crippen LogP contribution in [-0.2, 0) is 6.42 Å². The Labute approximate surface area is 64.3 Å². The Kier molecular flexibility index (Phi) is 1.24. The second-order valence-corrected chi connectivity index (χ2v) is 2.51. The van der Waals surface area contributed by atoms with Gasteiger partial charge >= 0.3 is 5.84 Å². The van der Waals surface area contributed by atoms with Crippen molar-refractivity contribution < 1.29 is 4.79 Å². The average Bonchev–Trinajstić information content (AvgIpc) is 2.46. The summed E-state index contributed by atoms with van der Waals surface area (Å²) in [6.07, 6.45) is 0.701. The topological polar surface area (TPSA) is 48.4 Å². The van der Waals surface area contributed by atoms with Crippen molar-refractivity contribution in [2.24, 2.45) is 0 Å². The summed E-state index contributed by atoms with van der Waals surface area (Å²) in [5.41, 5.74) is 10.7. The summed E-state index contributed by atoms with van der Waals surface area (Å²) >= 11 is 0. The highest BCUT2D eigenvalue weighted by Gasteiger charge is 2.21. The first-order chi connectivity index (χ1) is 5.40. The monoisotopic (exact) mass is 145 g/mol. The van der Waals surface area contributed by atoms with Crippen LogP contribution < -0.4 is 5.32 Å². The van der Waals surface area contributed by atoms with Crippen molar-refractivity contribution in [1.82, 2.24) is 0 Å².